The van der Waals surface area contributed by atoms with Gasteiger partial charge < -0.3 is 15.4 Å². The monoisotopic (exact) mass is 212 g/mol. The van der Waals surface area contributed by atoms with Crippen LogP contribution in [0.4, 0.5) is 0 Å². The molecule has 0 aliphatic rings. The Hall–Kier alpha value is -0.800. The van der Waals surface area contributed by atoms with E-state index in [0.29, 0.717) is 11.5 Å². The highest BCUT2D eigenvalue weighted by molar-refractivity contribution is 5.04. The quantitative estimate of drug-likeness (QED) is 0.604. The molecule has 0 radical (unpaired) electrons. The Kier molecular flexibility index (Phi) is 7.09. The van der Waals surface area contributed by atoms with Gasteiger partial charge in [0.2, 0.25) is 0 Å². The van der Waals surface area contributed by atoms with Gasteiger partial charge in [0.25, 0.3) is 0 Å². The second-order valence-corrected chi connectivity index (χ2v) is 3.59. The van der Waals surface area contributed by atoms with Gasteiger partial charge in [-0.05, 0) is 26.9 Å². The van der Waals surface area contributed by atoms with Gasteiger partial charge in [0.1, 0.15) is 11.5 Å². The molecule has 0 aromatic rings. The molecule has 0 fully saturated rings. The fourth-order valence-corrected chi connectivity index (χ4v) is 1.19. The molecule has 0 amide bonds. The third-order valence-corrected chi connectivity index (χ3v) is 2.25. The lowest BCUT2D eigenvalue weighted by Crippen LogP contribution is -2.32. The molecule has 0 saturated carbocycles. The summed E-state index contributed by atoms with van der Waals surface area (Å²) in [5.74, 6) is 1.43. The molecule has 0 rings (SSSR count). The predicted octanol–water partition coefficient (Wildman–Crippen LogP) is 2.03. The number of nitrogens with one attached hydrogen (secondary N) is 2. The van der Waals surface area contributed by atoms with E-state index in [4.69, 9.17) is 4.74 Å². The first-order valence-electron chi connectivity index (χ1n) is 5.55. The zero-order valence-corrected chi connectivity index (χ0v) is 10.4. The molecule has 0 saturated heterocycles. The predicted molar refractivity (Wildman–Crippen MR) is 65.6 cm³/mol. The van der Waals surface area contributed by atoms with Gasteiger partial charge in [-0.15, -0.1) is 0 Å². The highest BCUT2D eigenvalue weighted by atomic mass is 16.5. The van der Waals surface area contributed by atoms with Crippen LogP contribution in [0.2, 0.25) is 0 Å². The van der Waals surface area contributed by atoms with Gasteiger partial charge in [0, 0.05) is 0 Å². The highest BCUT2D eigenvalue weighted by Gasteiger charge is 2.11. The van der Waals surface area contributed by atoms with E-state index >= 15 is 0 Å². The van der Waals surface area contributed by atoms with E-state index in [1.54, 1.807) is 0 Å². The van der Waals surface area contributed by atoms with Gasteiger partial charge in [0.05, 0.1) is 12.1 Å². The lowest BCUT2D eigenvalue weighted by molar-refractivity contribution is 0.244. The standard InChI is InChI=1S/C12H24N2O/c1-7-13-9(3)11(5)15-12(6)10(4)14-8-2/h9-10,13-14H,5-8H2,1-4H3. The van der Waals surface area contributed by atoms with Crippen molar-refractivity contribution in [2.75, 3.05) is 13.1 Å². The van der Waals surface area contributed by atoms with Crippen LogP contribution in [0.25, 0.3) is 0 Å². The van der Waals surface area contributed by atoms with Crippen molar-refractivity contribution in [3.8, 4) is 0 Å². The minimum Gasteiger partial charge on any atom is -0.464 e. The molecule has 2 N–H and O–H groups in total. The van der Waals surface area contributed by atoms with Crippen molar-refractivity contribution in [1.29, 1.82) is 0 Å². The molecule has 2 atom stereocenters. The molecule has 0 heterocycles. The Morgan fingerprint density at radius 3 is 1.60 bits per heavy atom. The fraction of sp³-hybridized carbons (Fsp3) is 0.667. The Balaban J connectivity index is 4.00. The van der Waals surface area contributed by atoms with Crippen molar-refractivity contribution in [2.24, 2.45) is 0 Å². The van der Waals surface area contributed by atoms with E-state index in [1.807, 2.05) is 13.8 Å². The van der Waals surface area contributed by atoms with Gasteiger partial charge >= 0.3 is 0 Å². The Labute approximate surface area is 93.6 Å². The van der Waals surface area contributed by atoms with Crippen LogP contribution in [0.15, 0.2) is 24.7 Å². The molecule has 3 nitrogen and oxygen atoms in total. The summed E-state index contributed by atoms with van der Waals surface area (Å²) < 4.78 is 5.57. The van der Waals surface area contributed by atoms with Crippen LogP contribution in [-0.2, 0) is 4.74 Å². The summed E-state index contributed by atoms with van der Waals surface area (Å²) in [6, 6.07) is 0.307. The topological polar surface area (TPSA) is 33.3 Å². The van der Waals surface area contributed by atoms with Crippen molar-refractivity contribution >= 4 is 0 Å². The van der Waals surface area contributed by atoms with Crippen molar-refractivity contribution in [2.45, 2.75) is 39.8 Å². The second-order valence-electron chi connectivity index (χ2n) is 3.59. The van der Waals surface area contributed by atoms with E-state index in [1.165, 1.54) is 0 Å². The molecule has 15 heavy (non-hydrogen) atoms. The largest absolute Gasteiger partial charge is 0.464 e. The molecular weight excluding hydrogens is 188 g/mol. The van der Waals surface area contributed by atoms with Crippen LogP contribution in [0.1, 0.15) is 27.7 Å². The molecule has 0 spiro atoms. The number of rotatable bonds is 8. The van der Waals surface area contributed by atoms with Gasteiger partial charge in [-0.3, -0.25) is 0 Å². The van der Waals surface area contributed by atoms with Gasteiger partial charge in [0.15, 0.2) is 0 Å². The summed E-state index contributed by atoms with van der Waals surface area (Å²) in [7, 11) is 0. The van der Waals surface area contributed by atoms with Gasteiger partial charge in [-0.25, -0.2) is 0 Å². The molecule has 0 aromatic heterocycles. The summed E-state index contributed by atoms with van der Waals surface area (Å²) in [6.45, 7) is 17.7. The molecule has 0 aliphatic heterocycles. The summed E-state index contributed by atoms with van der Waals surface area (Å²) in [4.78, 5) is 0. The molecule has 0 bridgehead atoms. The highest BCUT2D eigenvalue weighted by Crippen LogP contribution is 2.10. The zero-order chi connectivity index (χ0) is 11.8. The number of likely N-dealkylation sites (N-methyl/N-ethyl adjacent to an activating group) is 2. The van der Waals surface area contributed by atoms with E-state index < -0.39 is 0 Å². The summed E-state index contributed by atoms with van der Waals surface area (Å²) >= 11 is 0. The van der Waals surface area contributed by atoms with Crippen molar-refractivity contribution in [1.82, 2.24) is 10.6 Å². The van der Waals surface area contributed by atoms with Crippen LogP contribution in [0.3, 0.4) is 0 Å². The maximum absolute atomic E-state index is 5.57. The number of ether oxygens (including phenoxy) is 1. The van der Waals surface area contributed by atoms with Crippen molar-refractivity contribution in [3.05, 3.63) is 24.7 Å². The van der Waals surface area contributed by atoms with Crippen molar-refractivity contribution < 1.29 is 4.74 Å². The van der Waals surface area contributed by atoms with E-state index in [-0.39, 0.29) is 12.1 Å². The summed E-state index contributed by atoms with van der Waals surface area (Å²) in [5.41, 5.74) is 0. The summed E-state index contributed by atoms with van der Waals surface area (Å²) in [6.07, 6.45) is 0. The van der Waals surface area contributed by atoms with Gasteiger partial charge in [-0.2, -0.15) is 0 Å². The first kappa shape index (κ1) is 14.2. The van der Waals surface area contributed by atoms with Crippen LogP contribution < -0.4 is 10.6 Å². The third-order valence-electron chi connectivity index (χ3n) is 2.25. The minimum atomic E-state index is 0.153. The molecule has 0 aliphatic carbocycles. The van der Waals surface area contributed by atoms with E-state index in [0.717, 1.165) is 13.1 Å². The average molecular weight is 212 g/mol. The smallest absolute Gasteiger partial charge is 0.113 e. The third kappa shape index (κ3) is 5.60. The number of hydrogen-bond donors (Lipinski definition) is 2. The lowest BCUT2D eigenvalue weighted by Gasteiger charge is -2.21. The van der Waals surface area contributed by atoms with Crippen molar-refractivity contribution in [3.63, 3.8) is 0 Å². The first-order chi connectivity index (χ1) is 7.02. The lowest BCUT2D eigenvalue weighted by atomic mass is 10.2. The zero-order valence-electron chi connectivity index (χ0n) is 10.4. The van der Waals surface area contributed by atoms with E-state index in [9.17, 15) is 0 Å². The van der Waals surface area contributed by atoms with E-state index in [2.05, 4.69) is 37.6 Å². The SMILES string of the molecule is C=C(OC(=C)C(C)NCC)C(C)NCC. The van der Waals surface area contributed by atoms with Crippen LogP contribution in [0.5, 0.6) is 0 Å². The molecule has 3 heteroatoms. The molecular formula is C12H24N2O. The summed E-state index contributed by atoms with van der Waals surface area (Å²) in [5, 5.41) is 6.47. The minimum absolute atomic E-state index is 0.153. The van der Waals surface area contributed by atoms with Crippen LogP contribution in [-0.4, -0.2) is 25.2 Å². The normalized spacial score (nSPS) is 14.4. The molecule has 0 aromatic carbocycles. The second kappa shape index (κ2) is 7.49. The number of hydrogen-bond acceptors (Lipinski definition) is 3. The fourth-order valence-electron chi connectivity index (χ4n) is 1.19. The molecule has 88 valence electrons. The van der Waals surface area contributed by atoms with Crippen LogP contribution >= 0.6 is 0 Å². The Morgan fingerprint density at radius 2 is 1.33 bits per heavy atom. The average Bonchev–Trinajstić information content (AvgIpc) is 2.18. The Morgan fingerprint density at radius 1 is 1.00 bits per heavy atom. The van der Waals surface area contributed by atoms with Gasteiger partial charge in [-0.1, -0.05) is 27.0 Å². The molecule has 2 unspecified atom stereocenters. The Bertz CT molecular complexity index is 192. The maximum Gasteiger partial charge on any atom is 0.113 e. The maximum atomic E-state index is 5.57. The van der Waals surface area contributed by atoms with Crippen LogP contribution in [0, 0.1) is 0 Å². The first-order valence-corrected chi connectivity index (χ1v) is 5.55.